The summed E-state index contributed by atoms with van der Waals surface area (Å²) in [6.45, 7) is 7.48. The Morgan fingerprint density at radius 1 is 1.38 bits per heavy atom. The van der Waals surface area contributed by atoms with Crippen LogP contribution in [0.2, 0.25) is 5.02 Å². The monoisotopic (exact) mass is 375 g/mol. The van der Waals surface area contributed by atoms with Crippen LogP contribution in [0.15, 0.2) is 22.7 Å². The molecule has 0 unspecified atom stereocenters. The van der Waals surface area contributed by atoms with Crippen molar-refractivity contribution in [1.29, 1.82) is 0 Å². The van der Waals surface area contributed by atoms with Crippen molar-refractivity contribution in [2.75, 3.05) is 19.7 Å². The van der Waals surface area contributed by atoms with E-state index in [-0.39, 0.29) is 6.09 Å². The first-order valence-electron chi connectivity index (χ1n) is 6.80. The molecule has 1 fully saturated rings. The summed E-state index contributed by atoms with van der Waals surface area (Å²) in [5, 5.41) is 0.628. The fourth-order valence-corrected chi connectivity index (χ4v) is 2.81. The minimum Gasteiger partial charge on any atom is -0.493 e. The molecule has 0 aromatic heterocycles. The number of ether oxygens (including phenoxy) is 2. The number of hydrogen-bond acceptors (Lipinski definition) is 3. The largest absolute Gasteiger partial charge is 0.493 e. The van der Waals surface area contributed by atoms with Gasteiger partial charge in [0.25, 0.3) is 0 Å². The van der Waals surface area contributed by atoms with Gasteiger partial charge < -0.3 is 14.4 Å². The molecular formula is C15H19BrClNO3. The first-order chi connectivity index (χ1) is 9.73. The number of rotatable bonds is 3. The van der Waals surface area contributed by atoms with Gasteiger partial charge in [-0.15, -0.1) is 0 Å². The molecule has 1 heterocycles. The third-order valence-corrected chi connectivity index (χ3v) is 3.61. The lowest BCUT2D eigenvalue weighted by atomic mass is 10.0. The summed E-state index contributed by atoms with van der Waals surface area (Å²) in [5.41, 5.74) is -0.453. The fraction of sp³-hybridized carbons (Fsp3) is 0.533. The SMILES string of the molecule is CC(C)(C)OC(=O)N1CC(COc2cc(Cl)cc(Br)c2)C1. The zero-order valence-electron chi connectivity index (χ0n) is 12.4. The molecule has 0 atom stereocenters. The van der Waals surface area contributed by atoms with Gasteiger partial charge in [-0.25, -0.2) is 4.79 Å². The van der Waals surface area contributed by atoms with Crippen LogP contribution in [0.4, 0.5) is 4.79 Å². The van der Waals surface area contributed by atoms with Crippen molar-refractivity contribution in [3.05, 3.63) is 27.7 Å². The molecule has 1 aromatic rings. The molecule has 1 aliphatic heterocycles. The Labute approximate surface area is 138 Å². The summed E-state index contributed by atoms with van der Waals surface area (Å²) in [5.74, 6) is 1.06. The minimum atomic E-state index is -0.453. The first-order valence-corrected chi connectivity index (χ1v) is 7.97. The standard InChI is InChI=1S/C15H19BrClNO3/c1-15(2,3)21-14(19)18-7-10(8-18)9-20-13-5-11(16)4-12(17)6-13/h4-6,10H,7-9H2,1-3H3. The highest BCUT2D eigenvalue weighted by Gasteiger charge is 2.34. The Morgan fingerprint density at radius 3 is 2.62 bits per heavy atom. The maximum atomic E-state index is 11.8. The number of carbonyl (C=O) groups is 1. The van der Waals surface area contributed by atoms with E-state index in [0.717, 1.165) is 10.2 Å². The Hall–Kier alpha value is -0.940. The summed E-state index contributed by atoms with van der Waals surface area (Å²) in [7, 11) is 0. The maximum absolute atomic E-state index is 11.8. The predicted octanol–water partition coefficient (Wildman–Crippen LogP) is 4.35. The number of halogens is 2. The van der Waals surface area contributed by atoms with Gasteiger partial charge >= 0.3 is 6.09 Å². The van der Waals surface area contributed by atoms with Crippen LogP contribution in [0.25, 0.3) is 0 Å². The van der Waals surface area contributed by atoms with Crippen molar-refractivity contribution in [3.63, 3.8) is 0 Å². The van der Waals surface area contributed by atoms with Gasteiger partial charge in [0.2, 0.25) is 0 Å². The summed E-state index contributed by atoms with van der Waals surface area (Å²) in [6, 6.07) is 5.45. The van der Waals surface area contributed by atoms with E-state index in [1.807, 2.05) is 32.9 Å². The van der Waals surface area contributed by atoms with Gasteiger partial charge in [0.05, 0.1) is 6.61 Å². The Bertz CT molecular complexity index is 504. The molecule has 0 saturated carbocycles. The molecule has 0 aliphatic carbocycles. The average Bonchev–Trinajstić information content (AvgIpc) is 2.22. The molecular weight excluding hydrogens is 358 g/mol. The molecule has 0 N–H and O–H groups in total. The smallest absolute Gasteiger partial charge is 0.410 e. The van der Waals surface area contributed by atoms with E-state index in [1.54, 1.807) is 11.0 Å². The Balaban J connectivity index is 1.74. The van der Waals surface area contributed by atoms with Gasteiger partial charge in [0.1, 0.15) is 11.4 Å². The minimum absolute atomic E-state index is 0.260. The molecule has 21 heavy (non-hydrogen) atoms. The third kappa shape index (κ3) is 5.08. The topological polar surface area (TPSA) is 38.8 Å². The van der Waals surface area contributed by atoms with Crippen LogP contribution in [-0.2, 0) is 4.74 Å². The van der Waals surface area contributed by atoms with Gasteiger partial charge in [0.15, 0.2) is 0 Å². The molecule has 1 aliphatic rings. The number of likely N-dealkylation sites (tertiary alicyclic amines) is 1. The lowest BCUT2D eigenvalue weighted by Crippen LogP contribution is -2.53. The summed E-state index contributed by atoms with van der Waals surface area (Å²) in [6.07, 6.45) is -0.260. The molecule has 1 amide bonds. The van der Waals surface area contributed by atoms with Gasteiger partial charge in [-0.3, -0.25) is 0 Å². The lowest BCUT2D eigenvalue weighted by molar-refractivity contribution is -0.00781. The van der Waals surface area contributed by atoms with E-state index in [1.165, 1.54) is 0 Å². The molecule has 1 saturated heterocycles. The average molecular weight is 377 g/mol. The van der Waals surface area contributed by atoms with E-state index in [2.05, 4.69) is 15.9 Å². The van der Waals surface area contributed by atoms with E-state index in [9.17, 15) is 4.79 Å². The zero-order valence-corrected chi connectivity index (χ0v) is 14.7. The van der Waals surface area contributed by atoms with Crippen molar-refractivity contribution < 1.29 is 14.3 Å². The lowest BCUT2D eigenvalue weighted by Gasteiger charge is -2.39. The maximum Gasteiger partial charge on any atom is 0.410 e. The van der Waals surface area contributed by atoms with Gasteiger partial charge in [-0.1, -0.05) is 27.5 Å². The highest BCUT2D eigenvalue weighted by Crippen LogP contribution is 2.26. The number of carbonyl (C=O) groups excluding carboxylic acids is 1. The summed E-state index contributed by atoms with van der Waals surface area (Å²) in [4.78, 5) is 13.5. The normalized spacial score (nSPS) is 15.6. The van der Waals surface area contributed by atoms with Gasteiger partial charge in [-0.2, -0.15) is 0 Å². The zero-order chi connectivity index (χ0) is 15.6. The molecule has 2 rings (SSSR count). The van der Waals surface area contributed by atoms with Crippen LogP contribution in [0.5, 0.6) is 5.75 Å². The fourth-order valence-electron chi connectivity index (χ4n) is 1.98. The van der Waals surface area contributed by atoms with Crippen LogP contribution in [0.3, 0.4) is 0 Å². The molecule has 0 bridgehead atoms. The molecule has 0 spiro atoms. The van der Waals surface area contributed by atoms with E-state index < -0.39 is 5.60 Å². The highest BCUT2D eigenvalue weighted by molar-refractivity contribution is 9.10. The predicted molar refractivity (Wildman–Crippen MR) is 85.9 cm³/mol. The Kier molecular flexibility index (Phi) is 5.04. The molecule has 116 valence electrons. The second kappa shape index (κ2) is 6.44. The van der Waals surface area contributed by atoms with Crippen molar-refractivity contribution in [2.24, 2.45) is 5.92 Å². The van der Waals surface area contributed by atoms with E-state index >= 15 is 0 Å². The molecule has 0 radical (unpaired) electrons. The summed E-state index contributed by atoms with van der Waals surface area (Å²) < 4.78 is 11.9. The van der Waals surface area contributed by atoms with Crippen LogP contribution in [-0.4, -0.2) is 36.3 Å². The van der Waals surface area contributed by atoms with Crippen LogP contribution < -0.4 is 4.74 Å². The molecule has 6 heteroatoms. The first kappa shape index (κ1) is 16.4. The number of benzene rings is 1. The second-order valence-corrected chi connectivity index (χ2v) is 7.52. The van der Waals surface area contributed by atoms with Gasteiger partial charge in [-0.05, 0) is 39.0 Å². The quantitative estimate of drug-likeness (QED) is 0.787. The molecule has 4 nitrogen and oxygen atoms in total. The van der Waals surface area contributed by atoms with Crippen molar-refractivity contribution in [3.8, 4) is 5.75 Å². The van der Waals surface area contributed by atoms with Crippen LogP contribution in [0.1, 0.15) is 20.8 Å². The number of amides is 1. The van der Waals surface area contributed by atoms with Gasteiger partial charge in [0, 0.05) is 28.5 Å². The van der Waals surface area contributed by atoms with E-state index in [4.69, 9.17) is 21.1 Å². The van der Waals surface area contributed by atoms with Crippen LogP contribution >= 0.6 is 27.5 Å². The van der Waals surface area contributed by atoms with Crippen LogP contribution in [0, 0.1) is 5.92 Å². The number of hydrogen-bond donors (Lipinski definition) is 0. The third-order valence-electron chi connectivity index (χ3n) is 2.93. The molecule has 1 aromatic carbocycles. The second-order valence-electron chi connectivity index (χ2n) is 6.17. The van der Waals surface area contributed by atoms with E-state index in [0.29, 0.717) is 30.6 Å². The van der Waals surface area contributed by atoms with Crippen molar-refractivity contribution in [1.82, 2.24) is 4.90 Å². The Morgan fingerprint density at radius 2 is 2.05 bits per heavy atom. The highest BCUT2D eigenvalue weighted by atomic mass is 79.9. The van der Waals surface area contributed by atoms with Crippen molar-refractivity contribution in [2.45, 2.75) is 26.4 Å². The van der Waals surface area contributed by atoms with Crippen molar-refractivity contribution >= 4 is 33.6 Å². The number of nitrogens with zero attached hydrogens (tertiary/aromatic N) is 1. The summed E-state index contributed by atoms with van der Waals surface area (Å²) >= 11 is 9.33.